The van der Waals surface area contributed by atoms with Crippen molar-refractivity contribution in [3.8, 4) is 22.8 Å². The first-order valence-electron chi connectivity index (χ1n) is 22.6. The second-order valence-corrected chi connectivity index (χ2v) is 21.4. The highest BCUT2D eigenvalue weighted by atomic mass is 35.5. The molecule has 4 aromatic carbocycles. The fraction of sp³-hybridized carbons (Fsp3) is 0.423. The second kappa shape index (κ2) is 20.1. The molecule has 350 valence electrons. The van der Waals surface area contributed by atoms with Crippen LogP contribution in [0.2, 0.25) is 5.02 Å². The summed E-state index contributed by atoms with van der Waals surface area (Å²) >= 11 is 7.63. The summed E-state index contributed by atoms with van der Waals surface area (Å²) in [5, 5.41) is 16.0. The average molecular weight is 935 g/mol. The summed E-state index contributed by atoms with van der Waals surface area (Å²) in [5.41, 5.74) is 6.86. The van der Waals surface area contributed by atoms with Gasteiger partial charge in [0.05, 0.1) is 35.0 Å². The molecule has 1 aromatic heterocycles. The predicted molar refractivity (Wildman–Crippen MR) is 267 cm³/mol. The lowest BCUT2D eigenvalue weighted by Crippen LogP contribution is -2.39. The standard InChI is InChI=1S/C52H64ClN7O5S/c1-12-50(6,7)34-23-28-41(38(30-34)51(8,9)13-2)65-29-17-20-42(61)54-35-24-27-39(53)40(31-35)55-46(63)43(44(62)49(3,4)5)66-48-57-56-45(60(48)37-18-15-14-16-19-37)33-21-25-36(26-22-33)59-32-52(10,11)47(64)58-59/h14-16,18-19,21-28,30-31,43H,12-13,17,20,29,32H2,1-11H3,(H,54,61)(H,55,63)(H,58,64). The number of halogens is 1. The minimum atomic E-state index is -1.26. The first kappa shape index (κ1) is 49.8. The van der Waals surface area contributed by atoms with Gasteiger partial charge in [-0.05, 0) is 110 Å². The molecule has 0 saturated carbocycles. The van der Waals surface area contributed by atoms with Crippen LogP contribution in [0.1, 0.15) is 113 Å². The normalized spacial score (nSPS) is 14.4. The third-order valence-corrected chi connectivity index (χ3v) is 14.0. The van der Waals surface area contributed by atoms with Crippen molar-refractivity contribution < 1.29 is 23.9 Å². The molecule has 0 spiro atoms. The average Bonchev–Trinajstić information content (AvgIpc) is 3.83. The van der Waals surface area contributed by atoms with Crippen LogP contribution in [0.3, 0.4) is 0 Å². The van der Waals surface area contributed by atoms with E-state index in [2.05, 4.69) is 86.0 Å². The van der Waals surface area contributed by atoms with E-state index in [1.807, 2.05) is 78.0 Å². The maximum absolute atomic E-state index is 14.3. The Bertz CT molecular complexity index is 2570. The SMILES string of the molecule is CCC(C)(C)c1ccc(OCCCC(=O)Nc2ccc(Cl)c(NC(=O)C(Sc3nnc(-c4ccc(N5CC(C)(C)C(=O)N5)cc4)n3-c3ccccc3)C(=O)C(C)(C)C)c2)c(C(C)(C)CC)c1. The number of Topliss-reactive ketones (excluding diaryl/α,β-unsaturated/α-hetero) is 1. The van der Waals surface area contributed by atoms with Crippen LogP contribution in [0.15, 0.2) is 96.2 Å². The van der Waals surface area contributed by atoms with Gasteiger partial charge in [-0.15, -0.1) is 10.2 Å². The molecule has 1 unspecified atom stereocenters. The minimum absolute atomic E-state index is 0.0457. The van der Waals surface area contributed by atoms with E-state index in [-0.39, 0.29) is 45.6 Å². The molecule has 12 nitrogen and oxygen atoms in total. The van der Waals surface area contributed by atoms with Gasteiger partial charge in [0.15, 0.2) is 22.0 Å². The molecular weight excluding hydrogens is 870 g/mol. The van der Waals surface area contributed by atoms with Crippen molar-refractivity contribution in [1.29, 1.82) is 0 Å². The zero-order chi connectivity index (χ0) is 48.2. The van der Waals surface area contributed by atoms with Crippen LogP contribution in [-0.4, -0.2) is 56.7 Å². The van der Waals surface area contributed by atoms with Crippen molar-refractivity contribution >= 4 is 63.9 Å². The van der Waals surface area contributed by atoms with E-state index in [9.17, 15) is 19.2 Å². The van der Waals surface area contributed by atoms with Crippen LogP contribution in [0.25, 0.3) is 17.1 Å². The molecule has 0 bridgehead atoms. The zero-order valence-electron chi connectivity index (χ0n) is 40.1. The Morgan fingerprint density at radius 1 is 0.848 bits per heavy atom. The number of thioether (sulfide) groups is 1. The Balaban J connectivity index is 1.16. The Morgan fingerprint density at radius 3 is 2.15 bits per heavy atom. The lowest BCUT2D eigenvalue weighted by atomic mass is 9.76. The number of rotatable bonds is 18. The topological polar surface area (TPSA) is 148 Å². The fourth-order valence-electron chi connectivity index (χ4n) is 7.33. The number of hydrazine groups is 1. The number of carbonyl (C=O) groups is 4. The molecular formula is C52H64ClN7O5S. The Kier molecular flexibility index (Phi) is 15.1. The van der Waals surface area contributed by atoms with Crippen LogP contribution in [-0.2, 0) is 30.0 Å². The molecule has 1 saturated heterocycles. The van der Waals surface area contributed by atoms with Crippen LogP contribution < -0.4 is 25.8 Å². The van der Waals surface area contributed by atoms with E-state index < -0.39 is 22.0 Å². The summed E-state index contributed by atoms with van der Waals surface area (Å²) in [6.45, 7) is 23.3. The molecule has 6 rings (SSSR count). The largest absolute Gasteiger partial charge is 0.493 e. The Morgan fingerprint density at radius 2 is 1.53 bits per heavy atom. The number of hydrogen-bond acceptors (Lipinski definition) is 9. The molecule has 3 N–H and O–H groups in total. The molecule has 14 heteroatoms. The van der Waals surface area contributed by atoms with Gasteiger partial charge >= 0.3 is 0 Å². The van der Waals surface area contributed by atoms with Crippen molar-refractivity contribution in [3.63, 3.8) is 0 Å². The van der Waals surface area contributed by atoms with E-state index in [4.69, 9.17) is 16.3 Å². The number of ketones is 1. The van der Waals surface area contributed by atoms with Crippen molar-refractivity contribution in [2.45, 2.75) is 123 Å². The monoisotopic (exact) mass is 933 g/mol. The number of nitrogens with one attached hydrogen (secondary N) is 3. The van der Waals surface area contributed by atoms with E-state index >= 15 is 0 Å². The molecule has 2 heterocycles. The maximum Gasteiger partial charge on any atom is 0.246 e. The summed E-state index contributed by atoms with van der Waals surface area (Å²) in [4.78, 5) is 54.2. The summed E-state index contributed by atoms with van der Waals surface area (Å²) < 4.78 is 8.12. The van der Waals surface area contributed by atoms with Crippen molar-refractivity contribution in [2.24, 2.45) is 10.8 Å². The van der Waals surface area contributed by atoms with Crippen LogP contribution in [0, 0.1) is 10.8 Å². The molecule has 3 amide bonds. The molecule has 1 aliphatic rings. The number of carbonyl (C=O) groups excluding carboxylic acids is 4. The lowest BCUT2D eigenvalue weighted by molar-refractivity contribution is -0.130. The highest BCUT2D eigenvalue weighted by Crippen LogP contribution is 2.40. The van der Waals surface area contributed by atoms with E-state index in [0.29, 0.717) is 36.2 Å². The predicted octanol–water partition coefficient (Wildman–Crippen LogP) is 11.4. The molecule has 66 heavy (non-hydrogen) atoms. The van der Waals surface area contributed by atoms with Crippen molar-refractivity contribution in [1.82, 2.24) is 20.2 Å². The van der Waals surface area contributed by atoms with Gasteiger partial charge in [0.2, 0.25) is 17.7 Å². The molecule has 1 aliphatic heterocycles. The maximum atomic E-state index is 14.3. The summed E-state index contributed by atoms with van der Waals surface area (Å²) in [7, 11) is 0. The van der Waals surface area contributed by atoms with Gasteiger partial charge in [0, 0.05) is 34.3 Å². The van der Waals surface area contributed by atoms with Gasteiger partial charge in [-0.2, -0.15) is 0 Å². The van der Waals surface area contributed by atoms with E-state index in [0.717, 1.165) is 47.3 Å². The Labute approximate surface area is 399 Å². The Hall–Kier alpha value is -5.66. The number of hydrogen-bond donors (Lipinski definition) is 3. The minimum Gasteiger partial charge on any atom is -0.493 e. The highest BCUT2D eigenvalue weighted by molar-refractivity contribution is 8.01. The van der Waals surface area contributed by atoms with Crippen LogP contribution >= 0.6 is 23.4 Å². The number of ether oxygens (including phenoxy) is 1. The number of aromatic nitrogens is 3. The molecule has 0 aliphatic carbocycles. The fourth-order valence-corrected chi connectivity index (χ4v) is 8.72. The third-order valence-electron chi connectivity index (χ3n) is 12.5. The molecule has 1 fully saturated rings. The summed E-state index contributed by atoms with van der Waals surface area (Å²) in [6, 6.07) is 28.4. The van der Waals surface area contributed by atoms with Gasteiger partial charge in [-0.25, -0.2) is 0 Å². The van der Waals surface area contributed by atoms with Crippen LogP contribution in [0.4, 0.5) is 17.1 Å². The molecule has 0 radical (unpaired) electrons. The number of benzene rings is 4. The summed E-state index contributed by atoms with van der Waals surface area (Å²) in [5.74, 6) is 0.127. The third kappa shape index (κ3) is 11.5. The molecule has 1 atom stereocenters. The highest BCUT2D eigenvalue weighted by Gasteiger charge is 2.39. The first-order chi connectivity index (χ1) is 31.0. The van der Waals surface area contributed by atoms with E-state index in [1.165, 1.54) is 11.1 Å². The number of amides is 3. The lowest BCUT2D eigenvalue weighted by Gasteiger charge is -2.30. The van der Waals surface area contributed by atoms with Gasteiger partial charge in [0.1, 0.15) is 5.75 Å². The van der Waals surface area contributed by atoms with Gasteiger partial charge in [0.25, 0.3) is 0 Å². The van der Waals surface area contributed by atoms with Crippen molar-refractivity contribution in [3.05, 3.63) is 107 Å². The number of anilines is 3. The molecule has 5 aromatic rings. The zero-order valence-corrected chi connectivity index (χ0v) is 41.7. The van der Waals surface area contributed by atoms with Gasteiger partial charge in [-0.1, -0.05) is 116 Å². The smallest absolute Gasteiger partial charge is 0.246 e. The second-order valence-electron chi connectivity index (χ2n) is 19.9. The number of para-hydroxylation sites is 1. The van der Waals surface area contributed by atoms with E-state index in [1.54, 1.807) is 39.0 Å². The number of nitrogens with zero attached hydrogens (tertiary/aromatic N) is 4. The summed E-state index contributed by atoms with van der Waals surface area (Å²) in [6.07, 6.45) is 2.67. The van der Waals surface area contributed by atoms with Crippen molar-refractivity contribution in [2.75, 3.05) is 28.8 Å². The quantitative estimate of drug-likeness (QED) is 0.0444. The first-order valence-corrected chi connectivity index (χ1v) is 23.9. The van der Waals surface area contributed by atoms with Gasteiger partial charge < -0.3 is 15.4 Å². The van der Waals surface area contributed by atoms with Crippen LogP contribution in [0.5, 0.6) is 5.75 Å². The van der Waals surface area contributed by atoms with Gasteiger partial charge in [-0.3, -0.25) is 34.2 Å².